The van der Waals surface area contributed by atoms with Crippen LogP contribution in [0.5, 0.6) is 0 Å². The highest BCUT2D eigenvalue weighted by Gasteiger charge is 2.10. The Kier molecular flexibility index (Phi) is 7.17. The zero-order chi connectivity index (χ0) is 22.2. The van der Waals surface area contributed by atoms with Crippen molar-refractivity contribution in [1.82, 2.24) is 35.4 Å². The zero-order valence-electron chi connectivity index (χ0n) is 18.7. The molecule has 0 saturated heterocycles. The smallest absolute Gasteiger partial charge is 0.179 e. The summed E-state index contributed by atoms with van der Waals surface area (Å²) in [4.78, 5) is 4.73. The number of aromatic amines is 1. The molecule has 2 aromatic heterocycles. The van der Waals surface area contributed by atoms with E-state index in [2.05, 4.69) is 77.0 Å². The Morgan fingerprint density at radius 3 is 2.56 bits per heavy atom. The van der Waals surface area contributed by atoms with Gasteiger partial charge in [-0.3, -0.25) is 0 Å². The van der Waals surface area contributed by atoms with Crippen LogP contribution in [0.25, 0.3) is 17.5 Å². The van der Waals surface area contributed by atoms with Gasteiger partial charge >= 0.3 is 0 Å². The molecule has 0 atom stereocenters. The highest BCUT2D eigenvalue weighted by molar-refractivity contribution is 5.60. The molecular formula is C25H29N7. The fraction of sp³-hybridized carbons (Fsp3) is 0.320. The first-order chi connectivity index (χ1) is 15.8. The Labute approximate surface area is 188 Å². The summed E-state index contributed by atoms with van der Waals surface area (Å²) in [5.74, 6) is 2.55. The van der Waals surface area contributed by atoms with Crippen molar-refractivity contribution >= 4 is 6.08 Å². The number of hydrogen-bond acceptors (Lipinski definition) is 5. The number of aryl methyl sites for hydroxylation is 1. The van der Waals surface area contributed by atoms with Crippen molar-refractivity contribution in [1.29, 1.82) is 0 Å². The van der Waals surface area contributed by atoms with Crippen LogP contribution in [0.4, 0.5) is 0 Å². The van der Waals surface area contributed by atoms with Crippen LogP contribution in [0.3, 0.4) is 0 Å². The van der Waals surface area contributed by atoms with Crippen LogP contribution in [-0.4, -0.2) is 35.4 Å². The number of unbranched alkanes of at least 4 members (excludes halogenated alkanes) is 1. The van der Waals surface area contributed by atoms with E-state index < -0.39 is 0 Å². The van der Waals surface area contributed by atoms with E-state index >= 15 is 0 Å². The van der Waals surface area contributed by atoms with E-state index in [-0.39, 0.29) is 0 Å². The van der Waals surface area contributed by atoms with E-state index in [4.69, 9.17) is 10.1 Å². The van der Waals surface area contributed by atoms with Gasteiger partial charge in [0.25, 0.3) is 0 Å². The lowest BCUT2D eigenvalue weighted by molar-refractivity contribution is 0.656. The Morgan fingerprint density at radius 2 is 1.81 bits per heavy atom. The number of nitrogens with one attached hydrogen (secondary N) is 1. The molecule has 2 heterocycles. The summed E-state index contributed by atoms with van der Waals surface area (Å²) in [6.07, 6.45) is 9.19. The Hall–Kier alpha value is -3.61. The molecule has 0 unspecified atom stereocenters. The third kappa shape index (κ3) is 5.35. The normalized spacial score (nSPS) is 11.4. The van der Waals surface area contributed by atoms with Crippen molar-refractivity contribution in [3.8, 4) is 11.4 Å². The van der Waals surface area contributed by atoms with Gasteiger partial charge in [0, 0.05) is 12.0 Å². The average Bonchev–Trinajstić information content (AvgIpc) is 3.48. The number of benzene rings is 2. The molecule has 0 spiro atoms. The molecule has 7 heteroatoms. The first kappa shape index (κ1) is 21.6. The zero-order valence-corrected chi connectivity index (χ0v) is 18.7. The minimum Gasteiger partial charge on any atom is -0.242 e. The van der Waals surface area contributed by atoms with Crippen LogP contribution in [0.2, 0.25) is 0 Å². The first-order valence-corrected chi connectivity index (χ1v) is 11.3. The average molecular weight is 428 g/mol. The van der Waals surface area contributed by atoms with E-state index in [1.54, 1.807) is 0 Å². The molecule has 0 aliphatic heterocycles. The Balaban J connectivity index is 1.49. The summed E-state index contributed by atoms with van der Waals surface area (Å²) in [6.45, 7) is 5.03. The van der Waals surface area contributed by atoms with Crippen molar-refractivity contribution < 1.29 is 0 Å². The summed E-state index contributed by atoms with van der Waals surface area (Å²) < 4.78 is 2.01. The lowest BCUT2D eigenvalue weighted by atomic mass is 9.98. The van der Waals surface area contributed by atoms with Gasteiger partial charge in [0.1, 0.15) is 0 Å². The number of allylic oxidation sites excluding steroid dienone is 1. The van der Waals surface area contributed by atoms with Crippen molar-refractivity contribution in [2.45, 2.75) is 52.5 Å². The number of rotatable bonds is 10. The molecule has 4 aromatic rings. The lowest BCUT2D eigenvalue weighted by Gasteiger charge is -2.09. The van der Waals surface area contributed by atoms with Gasteiger partial charge in [-0.1, -0.05) is 74.9 Å². The minimum atomic E-state index is 0.690. The molecule has 0 aliphatic rings. The van der Waals surface area contributed by atoms with Crippen molar-refractivity contribution in [3.63, 3.8) is 0 Å². The van der Waals surface area contributed by atoms with Gasteiger partial charge in [0.05, 0.1) is 6.54 Å². The van der Waals surface area contributed by atoms with Gasteiger partial charge in [-0.25, -0.2) is 14.8 Å². The lowest BCUT2D eigenvalue weighted by Crippen LogP contribution is -2.05. The maximum absolute atomic E-state index is 4.76. The summed E-state index contributed by atoms with van der Waals surface area (Å²) in [5, 5.41) is 19.1. The third-order valence-electron chi connectivity index (χ3n) is 5.37. The van der Waals surface area contributed by atoms with Crippen LogP contribution < -0.4 is 0 Å². The maximum Gasteiger partial charge on any atom is 0.179 e. The van der Waals surface area contributed by atoms with E-state index in [0.717, 1.165) is 49.3 Å². The molecular weight excluding hydrogens is 398 g/mol. The Morgan fingerprint density at radius 1 is 1.00 bits per heavy atom. The van der Waals surface area contributed by atoms with Crippen LogP contribution >= 0.6 is 0 Å². The molecule has 32 heavy (non-hydrogen) atoms. The summed E-state index contributed by atoms with van der Waals surface area (Å²) in [7, 11) is 0. The quantitative estimate of drug-likeness (QED) is 0.390. The Bertz CT molecular complexity index is 1140. The molecule has 164 valence electrons. The molecule has 0 aliphatic carbocycles. The van der Waals surface area contributed by atoms with E-state index in [0.29, 0.717) is 12.4 Å². The maximum atomic E-state index is 4.76. The molecule has 0 fully saturated rings. The third-order valence-corrected chi connectivity index (χ3v) is 5.37. The largest absolute Gasteiger partial charge is 0.242 e. The molecule has 0 amide bonds. The second kappa shape index (κ2) is 10.6. The van der Waals surface area contributed by atoms with Crippen LogP contribution in [0.15, 0.2) is 54.6 Å². The van der Waals surface area contributed by atoms with Gasteiger partial charge in [0.15, 0.2) is 17.5 Å². The molecule has 0 radical (unpaired) electrons. The molecule has 2 aromatic carbocycles. The standard InChI is InChI=1S/C25H29N7/c1-3-5-11-23-26-24(12-6-4-2)32(29-23)18-20-15-13-19(14-16-20)17-21-9-7-8-10-22(21)25-27-30-31-28-25/h6-10,12-16H,3-5,11,17-18H2,1-2H3,(H,27,28,30,31). The molecule has 0 bridgehead atoms. The summed E-state index contributed by atoms with van der Waals surface area (Å²) in [5.41, 5.74) is 4.65. The fourth-order valence-electron chi connectivity index (χ4n) is 3.64. The highest BCUT2D eigenvalue weighted by Crippen LogP contribution is 2.22. The monoisotopic (exact) mass is 427 g/mol. The minimum absolute atomic E-state index is 0.690. The summed E-state index contributed by atoms with van der Waals surface area (Å²) in [6, 6.07) is 16.9. The molecule has 1 N–H and O–H groups in total. The van der Waals surface area contributed by atoms with E-state index in [9.17, 15) is 0 Å². The van der Waals surface area contributed by atoms with E-state index in [1.165, 1.54) is 16.7 Å². The number of nitrogens with zero attached hydrogens (tertiary/aromatic N) is 6. The topological polar surface area (TPSA) is 85.2 Å². The molecule has 7 nitrogen and oxygen atoms in total. The SMILES string of the molecule is CCC=Cc1nc(CCCC)nn1Cc1ccc(Cc2ccccc2-c2nnn[nH]2)cc1. The van der Waals surface area contributed by atoms with Crippen molar-refractivity contribution in [2.75, 3.05) is 0 Å². The molecule has 0 saturated carbocycles. The fourth-order valence-corrected chi connectivity index (χ4v) is 3.64. The second-order valence-electron chi connectivity index (χ2n) is 7.86. The van der Waals surface area contributed by atoms with Gasteiger partial charge in [-0.15, -0.1) is 5.10 Å². The van der Waals surface area contributed by atoms with Crippen molar-refractivity contribution in [2.24, 2.45) is 0 Å². The van der Waals surface area contributed by atoms with Crippen LogP contribution in [0, 0.1) is 0 Å². The highest BCUT2D eigenvalue weighted by atomic mass is 15.5. The number of H-pyrrole nitrogens is 1. The van der Waals surface area contributed by atoms with E-state index in [1.807, 2.05) is 22.9 Å². The first-order valence-electron chi connectivity index (χ1n) is 11.3. The van der Waals surface area contributed by atoms with Gasteiger partial charge < -0.3 is 0 Å². The number of hydrogen-bond donors (Lipinski definition) is 1. The van der Waals surface area contributed by atoms with Crippen molar-refractivity contribution in [3.05, 3.63) is 82.9 Å². The predicted octanol–water partition coefficient (Wildman–Crippen LogP) is 4.86. The second-order valence-corrected chi connectivity index (χ2v) is 7.86. The van der Waals surface area contributed by atoms with Crippen LogP contribution in [-0.2, 0) is 19.4 Å². The number of aromatic nitrogens is 7. The van der Waals surface area contributed by atoms with Gasteiger partial charge in [-0.2, -0.15) is 5.10 Å². The van der Waals surface area contributed by atoms with Gasteiger partial charge in [0.2, 0.25) is 0 Å². The van der Waals surface area contributed by atoms with Gasteiger partial charge in [-0.05, 0) is 52.5 Å². The van der Waals surface area contributed by atoms with Crippen LogP contribution in [0.1, 0.15) is 61.4 Å². The number of tetrazole rings is 1. The summed E-state index contributed by atoms with van der Waals surface area (Å²) >= 11 is 0. The predicted molar refractivity (Wildman–Crippen MR) is 126 cm³/mol. The molecule has 4 rings (SSSR count).